The van der Waals surface area contributed by atoms with Gasteiger partial charge in [-0.1, -0.05) is 30.3 Å². The molecule has 4 aliphatic rings. The van der Waals surface area contributed by atoms with E-state index < -0.39 is 24.5 Å². The fourth-order valence-electron chi connectivity index (χ4n) is 9.73. The lowest BCUT2D eigenvalue weighted by atomic mass is 9.93. The van der Waals surface area contributed by atoms with Crippen LogP contribution in [0.25, 0.3) is 33.2 Å². The lowest BCUT2D eigenvalue weighted by Gasteiger charge is -2.40. The van der Waals surface area contributed by atoms with Crippen molar-refractivity contribution >= 4 is 39.8 Å². The van der Waals surface area contributed by atoms with Crippen LogP contribution in [0.4, 0.5) is 19.1 Å². The second-order valence-corrected chi connectivity index (χ2v) is 18.0. The zero-order valence-corrected chi connectivity index (χ0v) is 36.2. The largest absolute Gasteiger partial charge is 0.393 e. The number of nitrogens with one attached hydrogen (secondary N) is 2. The molecule has 0 spiro atoms. The van der Waals surface area contributed by atoms with Crippen LogP contribution in [0.5, 0.6) is 0 Å². The Morgan fingerprint density at radius 1 is 0.891 bits per heavy atom. The summed E-state index contributed by atoms with van der Waals surface area (Å²) in [6.07, 6.45) is 2.83. The number of piperazine rings is 1. The van der Waals surface area contributed by atoms with Gasteiger partial charge in [-0.05, 0) is 67.3 Å². The maximum atomic E-state index is 13.1. The fourth-order valence-corrected chi connectivity index (χ4v) is 9.73. The van der Waals surface area contributed by atoms with E-state index in [0.29, 0.717) is 37.0 Å². The number of aromatic nitrogens is 5. The van der Waals surface area contributed by atoms with Gasteiger partial charge in [0.2, 0.25) is 17.8 Å². The molecule has 0 radical (unpaired) electrons. The van der Waals surface area contributed by atoms with Crippen LogP contribution in [0.1, 0.15) is 68.2 Å². The summed E-state index contributed by atoms with van der Waals surface area (Å²) in [5.74, 6) is -0.562. The number of halogens is 3. The number of carbonyl (C=O) groups is 2. The summed E-state index contributed by atoms with van der Waals surface area (Å²) in [6, 6.07) is 14.0. The van der Waals surface area contributed by atoms with Gasteiger partial charge >= 0.3 is 11.9 Å². The van der Waals surface area contributed by atoms with Crippen molar-refractivity contribution in [3.63, 3.8) is 0 Å². The number of carbonyl (C=O) groups excluding carboxylic acids is 2. The van der Waals surface area contributed by atoms with E-state index in [9.17, 15) is 32.7 Å². The molecule has 342 valence electrons. The van der Waals surface area contributed by atoms with Gasteiger partial charge in [-0.25, -0.2) is 9.78 Å². The van der Waals surface area contributed by atoms with E-state index in [2.05, 4.69) is 70.3 Å². The number of anilines is 1. The van der Waals surface area contributed by atoms with Gasteiger partial charge in [-0.2, -0.15) is 18.2 Å². The molecule has 64 heavy (non-hydrogen) atoms. The number of nitrogens with zero attached hydrogens (tertiary/aromatic N) is 8. The number of piperidine rings is 1. The molecule has 6 heterocycles. The second-order valence-electron chi connectivity index (χ2n) is 18.0. The fraction of sp³-hybridized carbons (Fsp3) is 0.543. The first-order chi connectivity index (χ1) is 30.8. The Hall–Kier alpha value is -5.14. The molecule has 3 N–H and O–H groups in total. The van der Waals surface area contributed by atoms with Crippen molar-refractivity contribution in [2.45, 2.75) is 88.4 Å². The number of rotatable bonds is 15. The predicted octanol–water partition coefficient (Wildman–Crippen LogP) is 4.63. The van der Waals surface area contributed by atoms with Gasteiger partial charge in [-0.3, -0.25) is 38.7 Å². The van der Waals surface area contributed by atoms with Gasteiger partial charge in [0.1, 0.15) is 11.7 Å². The van der Waals surface area contributed by atoms with Crippen LogP contribution < -0.4 is 16.3 Å². The Labute approximate surface area is 369 Å². The monoisotopic (exact) mass is 886 g/mol. The topological polar surface area (TPSA) is 155 Å². The summed E-state index contributed by atoms with van der Waals surface area (Å²) in [4.78, 5) is 53.7. The van der Waals surface area contributed by atoms with Crippen molar-refractivity contribution in [2.75, 3.05) is 70.8 Å². The van der Waals surface area contributed by atoms with Crippen LogP contribution >= 0.6 is 0 Å². The summed E-state index contributed by atoms with van der Waals surface area (Å²) in [7, 11) is 1.72. The molecular weight excluding hydrogens is 830 g/mol. The molecule has 1 aliphatic carbocycles. The number of benzene rings is 2. The van der Waals surface area contributed by atoms with Gasteiger partial charge in [0.05, 0.1) is 36.3 Å². The van der Waals surface area contributed by atoms with E-state index in [-0.39, 0.29) is 48.8 Å². The third kappa shape index (κ3) is 9.90. The van der Waals surface area contributed by atoms with E-state index in [0.717, 1.165) is 106 Å². The average molecular weight is 887 g/mol. The van der Waals surface area contributed by atoms with E-state index >= 15 is 0 Å². The number of aliphatic hydroxyl groups is 1. The van der Waals surface area contributed by atoms with Gasteiger partial charge in [0, 0.05) is 108 Å². The van der Waals surface area contributed by atoms with Crippen molar-refractivity contribution in [1.82, 2.24) is 43.7 Å². The first-order valence-corrected chi connectivity index (χ1v) is 22.6. The Kier molecular flexibility index (Phi) is 12.9. The van der Waals surface area contributed by atoms with Gasteiger partial charge in [0.25, 0.3) is 0 Å². The van der Waals surface area contributed by atoms with Crippen molar-refractivity contribution < 1.29 is 32.6 Å². The molecule has 0 unspecified atom stereocenters. The molecule has 3 aliphatic heterocycles. The molecule has 3 aromatic heterocycles. The molecule has 2 aromatic carbocycles. The number of imide groups is 1. The van der Waals surface area contributed by atoms with Crippen molar-refractivity contribution in [2.24, 2.45) is 7.05 Å². The Balaban J connectivity index is 0.710. The Morgan fingerprint density at radius 2 is 1.62 bits per heavy atom. The average Bonchev–Trinajstić information content (AvgIpc) is 3.75. The summed E-state index contributed by atoms with van der Waals surface area (Å²) in [5.41, 5.74) is 6.25. The van der Waals surface area contributed by atoms with Crippen LogP contribution in [-0.4, -0.2) is 139 Å². The number of hydrogen-bond acceptors (Lipinski definition) is 11. The third-order valence-corrected chi connectivity index (χ3v) is 13.5. The molecular formula is C46H57F3N10O5. The standard InChI is InChI=1S/C46H57F3N10O5/c1-54-40-24-30(4-11-38(40)59(45(54)63)39-12-13-41(61)52-43(39)62)14-17-57-27-35(28-57)64-23-22-55-18-20-56(21-19-55)26-31-2-5-32(6-3-31)37-29-58(33-7-9-34(60)10-8-33)42-36(37)25-51-44(53-42)50-16-15-46(47,48)49/h2-6,11,24-25,29,33-35,39,60H,7-10,12-23,26-28H2,1H3,(H,50,51,53)(H,52,61,62)/t33?,34?,39-/m0/s1. The van der Waals surface area contributed by atoms with Gasteiger partial charge < -0.3 is 19.7 Å². The third-order valence-electron chi connectivity index (χ3n) is 13.5. The highest BCUT2D eigenvalue weighted by Crippen LogP contribution is 2.37. The first kappa shape index (κ1) is 44.1. The zero-order chi connectivity index (χ0) is 44.5. The lowest BCUT2D eigenvalue weighted by molar-refractivity contribution is -0.136. The van der Waals surface area contributed by atoms with E-state index in [4.69, 9.17) is 4.74 Å². The number of hydrogen-bond donors (Lipinski definition) is 3. The maximum Gasteiger partial charge on any atom is 0.390 e. The Bertz CT molecular complexity index is 2520. The molecule has 15 nitrogen and oxygen atoms in total. The summed E-state index contributed by atoms with van der Waals surface area (Å²) in [5, 5.41) is 16.1. The Morgan fingerprint density at radius 3 is 2.36 bits per heavy atom. The highest BCUT2D eigenvalue weighted by molar-refractivity contribution is 6.00. The molecule has 9 rings (SSSR count). The number of fused-ring (bicyclic) bond motifs is 2. The molecule has 1 saturated carbocycles. The number of likely N-dealkylation sites (tertiary alicyclic amines) is 1. The molecule has 4 fully saturated rings. The minimum Gasteiger partial charge on any atom is -0.393 e. The number of amides is 2. The highest BCUT2D eigenvalue weighted by atomic mass is 19.4. The molecule has 18 heteroatoms. The number of imidazole rings is 1. The van der Waals surface area contributed by atoms with Crippen molar-refractivity contribution in [3.8, 4) is 11.1 Å². The predicted molar refractivity (Wildman–Crippen MR) is 236 cm³/mol. The van der Waals surface area contributed by atoms with Gasteiger partial charge in [0.15, 0.2) is 0 Å². The quantitative estimate of drug-likeness (QED) is 0.126. The normalized spacial score (nSPS) is 22.0. The number of ether oxygens (including phenoxy) is 1. The number of alkyl halides is 3. The summed E-state index contributed by atoms with van der Waals surface area (Å²) >= 11 is 0. The summed E-state index contributed by atoms with van der Waals surface area (Å²) in [6.45, 7) is 8.75. The van der Waals surface area contributed by atoms with E-state index in [1.165, 1.54) is 10.1 Å². The highest BCUT2D eigenvalue weighted by Gasteiger charge is 2.32. The molecule has 2 amide bonds. The van der Waals surface area contributed by atoms with Crippen LogP contribution in [-0.2, 0) is 34.3 Å². The zero-order valence-electron chi connectivity index (χ0n) is 36.2. The van der Waals surface area contributed by atoms with Crippen LogP contribution in [0.15, 0.2) is 59.7 Å². The minimum absolute atomic E-state index is 0.133. The van der Waals surface area contributed by atoms with E-state index in [1.807, 2.05) is 18.2 Å². The van der Waals surface area contributed by atoms with Crippen molar-refractivity contribution in [3.05, 3.63) is 76.5 Å². The van der Waals surface area contributed by atoms with Crippen LogP contribution in [0.2, 0.25) is 0 Å². The lowest BCUT2D eigenvalue weighted by Crippen LogP contribution is -2.53. The van der Waals surface area contributed by atoms with Crippen molar-refractivity contribution in [1.29, 1.82) is 0 Å². The van der Waals surface area contributed by atoms with Crippen LogP contribution in [0, 0.1) is 0 Å². The SMILES string of the molecule is Cn1c(=O)n([C@H]2CCC(=O)NC2=O)c2ccc(CCN3CC(OCCN4CCN(Cc5ccc(-c6cn(C7CCC(O)CC7)c7nc(NCCC(F)(F)F)ncc67)cc5)CC4)C3)cc21. The minimum atomic E-state index is -4.26. The van der Waals surface area contributed by atoms with E-state index in [1.54, 1.807) is 17.8 Å². The summed E-state index contributed by atoms with van der Waals surface area (Å²) < 4.78 is 49.8. The molecule has 5 aromatic rings. The maximum absolute atomic E-state index is 13.1. The molecule has 0 bridgehead atoms. The second kappa shape index (κ2) is 18.8. The number of aliphatic hydroxyl groups excluding tert-OH is 1. The first-order valence-electron chi connectivity index (χ1n) is 22.6. The molecule has 1 atom stereocenters. The van der Waals surface area contributed by atoms with Gasteiger partial charge in [-0.15, -0.1) is 0 Å². The smallest absolute Gasteiger partial charge is 0.390 e. The number of aryl methyl sites for hydroxylation is 1. The van der Waals surface area contributed by atoms with Crippen LogP contribution in [0.3, 0.4) is 0 Å². The molecule has 3 saturated heterocycles.